The monoisotopic (exact) mass is 424 g/mol. The van der Waals surface area contributed by atoms with E-state index in [4.69, 9.17) is 9.84 Å². The van der Waals surface area contributed by atoms with E-state index in [0.717, 1.165) is 25.9 Å². The highest BCUT2D eigenvalue weighted by Crippen LogP contribution is 2.36. The number of carboxylic acids is 1. The van der Waals surface area contributed by atoms with Crippen LogP contribution in [0.2, 0.25) is 0 Å². The Hall–Kier alpha value is -2.70. The zero-order valence-electron chi connectivity index (χ0n) is 18.3. The molecule has 0 amide bonds. The molecule has 2 aromatic carbocycles. The van der Waals surface area contributed by atoms with Gasteiger partial charge >= 0.3 is 11.9 Å². The highest BCUT2D eigenvalue weighted by atomic mass is 16.5. The Kier molecular flexibility index (Phi) is 7.82. The zero-order chi connectivity index (χ0) is 22.3. The van der Waals surface area contributed by atoms with Crippen molar-refractivity contribution >= 4 is 11.9 Å². The van der Waals surface area contributed by atoms with E-state index in [0.29, 0.717) is 6.42 Å². The molecule has 2 N–H and O–H groups in total. The van der Waals surface area contributed by atoms with Crippen LogP contribution in [0.1, 0.15) is 49.8 Å². The molecule has 2 aromatic rings. The molecule has 4 rings (SSSR count). The van der Waals surface area contributed by atoms with E-state index < -0.39 is 5.97 Å². The number of hydrogen-bond acceptors (Lipinski definition) is 5. The van der Waals surface area contributed by atoms with Crippen LogP contribution in [0.4, 0.5) is 0 Å². The predicted octanol–water partition coefficient (Wildman–Crippen LogP) is 3.63. The number of benzene rings is 2. The first-order valence-corrected chi connectivity index (χ1v) is 10.8. The number of nitrogens with one attached hydrogen (secondary N) is 1. The maximum Gasteiger partial charge on any atom is 0.307 e. The molecule has 166 valence electrons. The number of carbonyl (C=O) groups is 2. The van der Waals surface area contributed by atoms with Gasteiger partial charge in [-0.2, -0.15) is 0 Å². The van der Waals surface area contributed by atoms with Crippen molar-refractivity contribution in [2.45, 2.75) is 50.2 Å². The summed E-state index contributed by atoms with van der Waals surface area (Å²) in [4.78, 5) is 24.2. The van der Waals surface area contributed by atoms with Gasteiger partial charge in [-0.05, 0) is 37.4 Å². The number of methoxy groups -OCH3 is 1. The standard InChI is InChI=1S/C19H21NO2.C6H11NO2/c1-22-18(21)14-17-12-13-20(17)19(15-8-4-2-5-9-15)16-10-6-3-7-11-16;1-6(2-3-7-6)4-5(8)9/h2-11,17,19H,12-14H2,1H3;7H,2-4H2,1H3,(H,8,9). The second-order valence-corrected chi connectivity index (χ2v) is 8.49. The lowest BCUT2D eigenvalue weighted by molar-refractivity contribution is -0.143. The molecule has 0 spiro atoms. The molecule has 2 fully saturated rings. The Labute approximate surface area is 184 Å². The molecule has 6 heteroatoms. The number of nitrogens with zero attached hydrogens (tertiary/aromatic N) is 1. The van der Waals surface area contributed by atoms with Crippen molar-refractivity contribution in [1.29, 1.82) is 0 Å². The van der Waals surface area contributed by atoms with E-state index in [-0.39, 0.29) is 30.0 Å². The first kappa shape index (κ1) is 23.0. The zero-order valence-corrected chi connectivity index (χ0v) is 18.3. The summed E-state index contributed by atoms with van der Waals surface area (Å²) in [6, 6.07) is 21.4. The van der Waals surface area contributed by atoms with Crippen LogP contribution in [0.25, 0.3) is 0 Å². The highest BCUT2D eigenvalue weighted by molar-refractivity contribution is 5.70. The van der Waals surface area contributed by atoms with Gasteiger partial charge < -0.3 is 15.2 Å². The van der Waals surface area contributed by atoms with E-state index >= 15 is 0 Å². The summed E-state index contributed by atoms with van der Waals surface area (Å²) in [5.41, 5.74) is 2.43. The Bertz CT molecular complexity index is 813. The summed E-state index contributed by atoms with van der Waals surface area (Å²) in [7, 11) is 1.46. The molecule has 2 aliphatic heterocycles. The minimum Gasteiger partial charge on any atom is -0.481 e. The first-order chi connectivity index (χ1) is 14.9. The van der Waals surface area contributed by atoms with Gasteiger partial charge in [0.25, 0.3) is 0 Å². The summed E-state index contributed by atoms with van der Waals surface area (Å²) in [5.74, 6) is -0.848. The molecule has 0 saturated carbocycles. The van der Waals surface area contributed by atoms with E-state index in [2.05, 4.69) is 58.7 Å². The molecular weight excluding hydrogens is 392 g/mol. The van der Waals surface area contributed by atoms with Gasteiger partial charge in [-0.25, -0.2) is 0 Å². The van der Waals surface area contributed by atoms with Crippen molar-refractivity contribution < 1.29 is 19.4 Å². The lowest BCUT2D eigenvalue weighted by atomic mass is 9.87. The third-order valence-corrected chi connectivity index (χ3v) is 6.15. The third-order valence-electron chi connectivity index (χ3n) is 6.15. The maximum absolute atomic E-state index is 11.6. The second kappa shape index (κ2) is 10.6. The lowest BCUT2D eigenvalue weighted by Gasteiger charge is -2.46. The summed E-state index contributed by atoms with van der Waals surface area (Å²) >= 11 is 0. The predicted molar refractivity (Wildman–Crippen MR) is 120 cm³/mol. The first-order valence-electron chi connectivity index (χ1n) is 10.8. The molecule has 2 unspecified atom stereocenters. The molecule has 2 atom stereocenters. The van der Waals surface area contributed by atoms with E-state index in [1.807, 2.05) is 19.1 Å². The number of likely N-dealkylation sites (tertiary alicyclic amines) is 1. The Morgan fingerprint density at radius 1 is 1.13 bits per heavy atom. The van der Waals surface area contributed by atoms with Crippen molar-refractivity contribution in [3.05, 3.63) is 71.8 Å². The average molecular weight is 425 g/mol. The minimum absolute atomic E-state index is 0.105. The number of ether oxygens (including phenoxy) is 1. The Balaban J connectivity index is 0.000000254. The lowest BCUT2D eigenvalue weighted by Crippen LogP contribution is -2.55. The maximum atomic E-state index is 11.6. The van der Waals surface area contributed by atoms with Crippen LogP contribution >= 0.6 is 0 Å². The topological polar surface area (TPSA) is 78.9 Å². The van der Waals surface area contributed by atoms with Gasteiger partial charge in [-0.15, -0.1) is 0 Å². The van der Waals surface area contributed by atoms with Crippen LogP contribution in [-0.4, -0.2) is 53.7 Å². The van der Waals surface area contributed by atoms with Crippen LogP contribution in [0.3, 0.4) is 0 Å². The van der Waals surface area contributed by atoms with Crippen LogP contribution in [0.5, 0.6) is 0 Å². The van der Waals surface area contributed by atoms with Crippen LogP contribution in [0.15, 0.2) is 60.7 Å². The summed E-state index contributed by atoms with van der Waals surface area (Å²) in [5, 5.41) is 11.4. The Morgan fingerprint density at radius 2 is 1.68 bits per heavy atom. The summed E-state index contributed by atoms with van der Waals surface area (Å²) in [6.45, 7) is 3.91. The van der Waals surface area contributed by atoms with Crippen molar-refractivity contribution in [3.63, 3.8) is 0 Å². The van der Waals surface area contributed by atoms with Crippen LogP contribution in [0, 0.1) is 0 Å². The van der Waals surface area contributed by atoms with Crippen molar-refractivity contribution in [2.75, 3.05) is 20.2 Å². The van der Waals surface area contributed by atoms with Gasteiger partial charge in [0.1, 0.15) is 0 Å². The second-order valence-electron chi connectivity index (χ2n) is 8.49. The average Bonchev–Trinajstić information content (AvgIpc) is 2.75. The van der Waals surface area contributed by atoms with Crippen LogP contribution in [-0.2, 0) is 14.3 Å². The van der Waals surface area contributed by atoms with Gasteiger partial charge in [0.05, 0.1) is 26.0 Å². The van der Waals surface area contributed by atoms with Gasteiger partial charge in [0.15, 0.2) is 0 Å². The fraction of sp³-hybridized carbons (Fsp3) is 0.440. The normalized spacial score (nSPS) is 22.5. The van der Waals surface area contributed by atoms with Gasteiger partial charge in [-0.3, -0.25) is 14.5 Å². The smallest absolute Gasteiger partial charge is 0.307 e. The molecule has 2 heterocycles. The fourth-order valence-corrected chi connectivity index (χ4v) is 4.18. The van der Waals surface area contributed by atoms with E-state index in [1.165, 1.54) is 18.2 Å². The quantitative estimate of drug-likeness (QED) is 0.661. The molecule has 0 aromatic heterocycles. The summed E-state index contributed by atoms with van der Waals surface area (Å²) in [6.07, 6.45) is 2.74. The Morgan fingerprint density at radius 3 is 2.00 bits per heavy atom. The molecule has 0 radical (unpaired) electrons. The molecule has 2 saturated heterocycles. The van der Waals surface area contributed by atoms with E-state index in [1.54, 1.807) is 0 Å². The number of carboxylic acid groups (broad SMARTS) is 1. The number of carbonyl (C=O) groups excluding carboxylic acids is 1. The number of rotatable bonds is 7. The molecule has 0 bridgehead atoms. The molecule has 31 heavy (non-hydrogen) atoms. The molecular formula is C25H32N2O4. The minimum atomic E-state index is -0.718. The highest BCUT2D eigenvalue weighted by Gasteiger charge is 2.36. The van der Waals surface area contributed by atoms with Crippen molar-refractivity contribution in [1.82, 2.24) is 10.2 Å². The van der Waals surface area contributed by atoms with Gasteiger partial charge in [-0.1, -0.05) is 60.7 Å². The largest absolute Gasteiger partial charge is 0.481 e. The number of hydrogen-bond donors (Lipinski definition) is 2. The van der Waals surface area contributed by atoms with Gasteiger partial charge in [0, 0.05) is 18.1 Å². The SMILES string of the molecule is CC1(CC(=O)O)CCN1.COC(=O)CC1CCN1C(c1ccccc1)c1ccccc1. The number of esters is 1. The van der Waals surface area contributed by atoms with Gasteiger partial charge in [0.2, 0.25) is 0 Å². The van der Waals surface area contributed by atoms with E-state index in [9.17, 15) is 9.59 Å². The molecule has 6 nitrogen and oxygen atoms in total. The number of aliphatic carboxylic acids is 1. The third kappa shape index (κ3) is 6.15. The van der Waals surface area contributed by atoms with Crippen molar-refractivity contribution in [2.24, 2.45) is 0 Å². The molecule has 0 aliphatic carbocycles. The fourth-order valence-electron chi connectivity index (χ4n) is 4.18. The summed E-state index contributed by atoms with van der Waals surface area (Å²) < 4.78 is 4.83. The van der Waals surface area contributed by atoms with Crippen molar-refractivity contribution in [3.8, 4) is 0 Å². The molecule has 2 aliphatic rings. The van der Waals surface area contributed by atoms with Crippen LogP contribution < -0.4 is 5.32 Å².